The Morgan fingerprint density at radius 3 is 2.24 bits per heavy atom. The lowest BCUT2D eigenvalue weighted by atomic mass is 10.2. The van der Waals surface area contributed by atoms with Crippen LogP contribution in [0, 0.1) is 5.82 Å². The van der Waals surface area contributed by atoms with Crippen LogP contribution in [0.15, 0.2) is 59.7 Å². The fraction of sp³-hybridized carbons (Fsp3) is 0.294. The molecule has 0 aliphatic rings. The van der Waals surface area contributed by atoms with Crippen molar-refractivity contribution in [2.24, 2.45) is 5.73 Å². The number of halogens is 2. The summed E-state index contributed by atoms with van der Waals surface area (Å²) in [7, 11) is 0. The summed E-state index contributed by atoms with van der Waals surface area (Å²) in [5.74, 6) is -0.198. The van der Waals surface area contributed by atoms with Crippen LogP contribution in [-0.2, 0) is 6.54 Å². The molecule has 0 aromatic heterocycles. The average molecular weight is 404 g/mol. The van der Waals surface area contributed by atoms with Gasteiger partial charge >= 0.3 is 0 Å². The Labute approximate surface area is 142 Å². The van der Waals surface area contributed by atoms with Crippen molar-refractivity contribution < 1.29 is 4.39 Å². The van der Waals surface area contributed by atoms with Crippen LogP contribution >= 0.6 is 22.6 Å². The molecule has 1 aromatic rings. The van der Waals surface area contributed by atoms with E-state index >= 15 is 0 Å². The van der Waals surface area contributed by atoms with E-state index in [2.05, 4.69) is 47.6 Å². The summed E-state index contributed by atoms with van der Waals surface area (Å²) >= 11 is 2.23. The second kappa shape index (κ2) is 15.4. The fourth-order valence-corrected chi connectivity index (χ4v) is 1.46. The predicted molar refractivity (Wildman–Crippen MR) is 101 cm³/mol. The van der Waals surface area contributed by atoms with Crippen LogP contribution in [-0.4, -0.2) is 12.6 Å². The summed E-state index contributed by atoms with van der Waals surface area (Å²) in [5, 5.41) is 3.17. The highest BCUT2D eigenvalue weighted by Crippen LogP contribution is 2.02. The lowest BCUT2D eigenvalue weighted by Gasteiger charge is -2.07. The van der Waals surface area contributed by atoms with Crippen LogP contribution in [0.4, 0.5) is 4.39 Å². The van der Waals surface area contributed by atoms with Gasteiger partial charge in [0.15, 0.2) is 0 Å². The van der Waals surface area contributed by atoms with Gasteiger partial charge in [0.05, 0.1) is 0 Å². The Kier molecular flexibility index (Phi) is 16.4. The number of nitrogens with one attached hydrogen (secondary N) is 1. The summed E-state index contributed by atoms with van der Waals surface area (Å²) in [4.78, 5) is 0. The van der Waals surface area contributed by atoms with Crippen LogP contribution in [0.1, 0.15) is 19.4 Å². The van der Waals surface area contributed by atoms with Gasteiger partial charge in [0.2, 0.25) is 0 Å². The van der Waals surface area contributed by atoms with Gasteiger partial charge < -0.3 is 11.1 Å². The average Bonchev–Trinajstić information content (AvgIpc) is 2.43. The predicted octanol–water partition coefficient (Wildman–Crippen LogP) is 4.58. The summed E-state index contributed by atoms with van der Waals surface area (Å²) in [6, 6.07) is 6.61. The highest BCUT2D eigenvalue weighted by molar-refractivity contribution is 14.1. The van der Waals surface area contributed by atoms with Gasteiger partial charge in [-0.3, -0.25) is 0 Å². The van der Waals surface area contributed by atoms with Crippen molar-refractivity contribution in [1.29, 1.82) is 0 Å². The number of rotatable bonds is 5. The maximum absolute atomic E-state index is 12.5. The summed E-state index contributed by atoms with van der Waals surface area (Å²) < 4.78 is 13.8. The molecule has 1 rings (SSSR count). The normalized spacial score (nSPS) is 11.4. The third kappa shape index (κ3) is 17.0. The number of allylic oxidation sites excluding steroid dienone is 3. The van der Waals surface area contributed by atoms with Crippen LogP contribution in [0.25, 0.3) is 0 Å². The molecule has 1 aromatic carbocycles. The summed E-state index contributed by atoms with van der Waals surface area (Å²) in [6.45, 7) is 15.0. The highest BCUT2D eigenvalue weighted by atomic mass is 127. The van der Waals surface area contributed by atoms with Crippen molar-refractivity contribution in [1.82, 2.24) is 5.32 Å². The van der Waals surface area contributed by atoms with E-state index in [9.17, 15) is 4.39 Å². The fourth-order valence-electron chi connectivity index (χ4n) is 1.21. The molecular formula is C17H26FIN2. The van der Waals surface area contributed by atoms with Gasteiger partial charge in [-0.2, -0.15) is 0 Å². The Hall–Kier alpha value is -0.980. The van der Waals surface area contributed by atoms with E-state index in [0.717, 1.165) is 18.7 Å². The van der Waals surface area contributed by atoms with E-state index in [-0.39, 0.29) is 11.9 Å². The van der Waals surface area contributed by atoms with E-state index in [0.29, 0.717) is 0 Å². The third-order valence-corrected chi connectivity index (χ3v) is 2.42. The summed E-state index contributed by atoms with van der Waals surface area (Å²) in [5.41, 5.74) is 6.63. The molecule has 0 spiro atoms. The van der Waals surface area contributed by atoms with Crippen molar-refractivity contribution in [2.45, 2.75) is 26.4 Å². The number of nitrogens with two attached hydrogens (primary N) is 1. The highest BCUT2D eigenvalue weighted by Gasteiger charge is 1.95. The van der Waals surface area contributed by atoms with Crippen molar-refractivity contribution in [3.63, 3.8) is 0 Å². The zero-order valence-corrected chi connectivity index (χ0v) is 15.1. The second-order valence-corrected chi connectivity index (χ2v) is 5.93. The Morgan fingerprint density at radius 1 is 1.38 bits per heavy atom. The molecule has 0 bridgehead atoms. The number of hydrogen-bond acceptors (Lipinski definition) is 2. The molecule has 1 unspecified atom stereocenters. The molecule has 0 radical (unpaired) electrons. The summed E-state index contributed by atoms with van der Waals surface area (Å²) in [6.07, 6.45) is 3.74. The first-order valence-electron chi connectivity index (χ1n) is 6.61. The van der Waals surface area contributed by atoms with Crippen molar-refractivity contribution in [3.8, 4) is 0 Å². The van der Waals surface area contributed by atoms with Crippen LogP contribution < -0.4 is 11.1 Å². The van der Waals surface area contributed by atoms with Crippen molar-refractivity contribution in [2.75, 3.05) is 6.54 Å². The quantitative estimate of drug-likeness (QED) is 0.429. The van der Waals surface area contributed by atoms with Gasteiger partial charge in [0, 0.05) is 19.1 Å². The monoisotopic (exact) mass is 404 g/mol. The number of hydrogen-bond donors (Lipinski definition) is 2. The van der Waals surface area contributed by atoms with E-state index in [1.165, 1.54) is 15.7 Å². The van der Waals surface area contributed by atoms with Crippen molar-refractivity contribution in [3.05, 3.63) is 71.1 Å². The smallest absolute Gasteiger partial charge is 0.123 e. The first-order chi connectivity index (χ1) is 9.95. The minimum Gasteiger partial charge on any atom is -0.327 e. The lowest BCUT2D eigenvalue weighted by Crippen LogP contribution is -2.30. The molecule has 0 fully saturated rings. The molecule has 2 nitrogen and oxygen atoms in total. The van der Waals surface area contributed by atoms with E-state index in [1.54, 1.807) is 18.2 Å². The van der Waals surface area contributed by atoms with E-state index < -0.39 is 0 Å². The maximum atomic E-state index is 12.5. The van der Waals surface area contributed by atoms with Crippen LogP contribution in [0.3, 0.4) is 0 Å². The zero-order valence-electron chi connectivity index (χ0n) is 12.9. The van der Waals surface area contributed by atoms with Gasteiger partial charge in [-0.05, 0) is 57.7 Å². The van der Waals surface area contributed by atoms with E-state index in [4.69, 9.17) is 5.73 Å². The van der Waals surface area contributed by atoms with Gasteiger partial charge in [0.1, 0.15) is 5.82 Å². The number of benzene rings is 1. The molecule has 118 valence electrons. The molecule has 0 aliphatic carbocycles. The first kappa shape index (κ1) is 22.3. The van der Waals surface area contributed by atoms with Crippen LogP contribution in [0.2, 0.25) is 0 Å². The molecule has 0 heterocycles. The first-order valence-corrected chi connectivity index (χ1v) is 7.69. The standard InChI is InChI=1S/C10H15FN2.C5H7I.C2H4/c1-8(12)6-13-7-9-2-4-10(11)5-3-9;1-3-4-5(2)6;1-2/h2-5,8,13H,6-7,12H2,1H3;3-4H,1H2,2H3;1-2H2/b;5-4+;. The molecule has 21 heavy (non-hydrogen) atoms. The maximum Gasteiger partial charge on any atom is 0.123 e. The van der Waals surface area contributed by atoms with Gasteiger partial charge in [0.25, 0.3) is 0 Å². The van der Waals surface area contributed by atoms with Crippen LogP contribution in [0.5, 0.6) is 0 Å². The molecule has 1 atom stereocenters. The minimum absolute atomic E-state index is 0.153. The minimum atomic E-state index is -0.198. The Bertz CT molecular complexity index is 396. The SMILES string of the molecule is C=C.C=C/C=C(\C)I.CC(N)CNCc1ccc(F)cc1. The Balaban J connectivity index is 0. The second-order valence-electron chi connectivity index (χ2n) is 4.22. The lowest BCUT2D eigenvalue weighted by molar-refractivity contribution is 0.604. The molecule has 0 saturated heterocycles. The zero-order chi connectivity index (χ0) is 16.7. The molecule has 3 N–H and O–H groups in total. The van der Waals surface area contributed by atoms with E-state index in [1.807, 2.05) is 19.9 Å². The molecule has 0 saturated carbocycles. The van der Waals surface area contributed by atoms with Gasteiger partial charge in [-0.15, -0.1) is 13.2 Å². The topological polar surface area (TPSA) is 38.0 Å². The Morgan fingerprint density at radius 2 is 1.90 bits per heavy atom. The molecule has 0 amide bonds. The molecule has 0 aliphatic heterocycles. The third-order valence-electron chi connectivity index (χ3n) is 2.06. The van der Waals surface area contributed by atoms with Gasteiger partial charge in [-0.25, -0.2) is 4.39 Å². The van der Waals surface area contributed by atoms with Gasteiger partial charge in [-0.1, -0.05) is 30.9 Å². The largest absolute Gasteiger partial charge is 0.327 e. The molecular weight excluding hydrogens is 378 g/mol. The van der Waals surface area contributed by atoms with Crippen molar-refractivity contribution >= 4 is 22.6 Å². The molecule has 4 heteroatoms.